The Hall–Kier alpha value is -1.96. The molecule has 1 heterocycles. The molecule has 1 aliphatic rings. The quantitative estimate of drug-likeness (QED) is 0.862. The molecule has 0 unspecified atom stereocenters. The average molecular weight is 346 g/mol. The summed E-state index contributed by atoms with van der Waals surface area (Å²) in [5.74, 6) is 0.106. The maximum atomic E-state index is 12.3. The Bertz CT molecular complexity index is 552. The highest BCUT2D eigenvalue weighted by atomic mass is 19.4. The Morgan fingerprint density at radius 3 is 2.83 bits per heavy atom. The first-order valence-corrected chi connectivity index (χ1v) is 7.77. The number of para-hydroxylation sites is 1. The van der Waals surface area contributed by atoms with E-state index < -0.39 is 12.8 Å². The summed E-state index contributed by atoms with van der Waals surface area (Å²) in [7, 11) is 0. The van der Waals surface area contributed by atoms with Crippen LogP contribution in [0.5, 0.6) is 5.75 Å². The molecular formula is C16H21F3N2O3. The molecule has 1 fully saturated rings. The van der Waals surface area contributed by atoms with Crippen molar-refractivity contribution >= 4 is 6.03 Å². The lowest BCUT2D eigenvalue weighted by Gasteiger charge is -2.28. The lowest BCUT2D eigenvalue weighted by Crippen LogP contribution is -2.45. The van der Waals surface area contributed by atoms with Gasteiger partial charge < -0.3 is 20.1 Å². The van der Waals surface area contributed by atoms with Crippen molar-refractivity contribution in [1.82, 2.24) is 10.6 Å². The van der Waals surface area contributed by atoms with Gasteiger partial charge in [-0.2, -0.15) is 13.2 Å². The highest BCUT2D eigenvalue weighted by Crippen LogP contribution is 2.22. The van der Waals surface area contributed by atoms with Gasteiger partial charge in [0.25, 0.3) is 0 Å². The Balaban J connectivity index is 1.83. The summed E-state index contributed by atoms with van der Waals surface area (Å²) < 4.78 is 47.0. The van der Waals surface area contributed by atoms with Crippen molar-refractivity contribution in [1.29, 1.82) is 0 Å². The van der Waals surface area contributed by atoms with Crippen molar-refractivity contribution < 1.29 is 27.4 Å². The Kier molecular flexibility index (Phi) is 6.30. The third-order valence-corrected chi connectivity index (χ3v) is 3.62. The van der Waals surface area contributed by atoms with Crippen LogP contribution < -0.4 is 15.4 Å². The van der Waals surface area contributed by atoms with Gasteiger partial charge in [-0.05, 0) is 25.8 Å². The number of carbonyl (C=O) groups is 1. The number of hydrogen-bond acceptors (Lipinski definition) is 3. The van der Waals surface area contributed by atoms with Gasteiger partial charge in [-0.25, -0.2) is 4.79 Å². The molecule has 134 valence electrons. The van der Waals surface area contributed by atoms with Crippen LogP contribution in [-0.2, 0) is 11.3 Å². The van der Waals surface area contributed by atoms with Crippen LogP contribution in [0, 0.1) is 0 Å². The molecule has 0 saturated carbocycles. The predicted molar refractivity (Wildman–Crippen MR) is 81.8 cm³/mol. The number of ether oxygens (including phenoxy) is 2. The number of hydrogen-bond donors (Lipinski definition) is 2. The minimum atomic E-state index is -4.41. The minimum Gasteiger partial charge on any atom is -0.484 e. The Morgan fingerprint density at radius 1 is 1.38 bits per heavy atom. The number of carbonyl (C=O) groups excluding carboxylic acids is 1. The zero-order valence-corrected chi connectivity index (χ0v) is 13.4. The highest BCUT2D eigenvalue weighted by Gasteiger charge is 2.28. The third-order valence-electron chi connectivity index (χ3n) is 3.62. The van der Waals surface area contributed by atoms with Gasteiger partial charge in [0, 0.05) is 24.8 Å². The topological polar surface area (TPSA) is 59.6 Å². The van der Waals surface area contributed by atoms with Crippen molar-refractivity contribution in [2.75, 3.05) is 13.2 Å². The Labute approximate surface area is 138 Å². The molecule has 2 atom stereocenters. The van der Waals surface area contributed by atoms with E-state index in [1.165, 1.54) is 6.07 Å². The maximum Gasteiger partial charge on any atom is 0.422 e. The molecule has 24 heavy (non-hydrogen) atoms. The van der Waals surface area contributed by atoms with Crippen LogP contribution in [0.25, 0.3) is 0 Å². The fourth-order valence-corrected chi connectivity index (χ4v) is 2.49. The van der Waals surface area contributed by atoms with E-state index in [4.69, 9.17) is 9.47 Å². The van der Waals surface area contributed by atoms with Gasteiger partial charge in [0.05, 0.1) is 6.10 Å². The second-order valence-electron chi connectivity index (χ2n) is 5.74. The number of alkyl halides is 3. The monoisotopic (exact) mass is 346 g/mol. The summed E-state index contributed by atoms with van der Waals surface area (Å²) >= 11 is 0. The summed E-state index contributed by atoms with van der Waals surface area (Å²) in [4.78, 5) is 11.9. The van der Waals surface area contributed by atoms with E-state index in [0.717, 1.165) is 12.8 Å². The lowest BCUT2D eigenvalue weighted by atomic mass is 10.0. The van der Waals surface area contributed by atoms with Crippen LogP contribution in [0.1, 0.15) is 25.3 Å². The second-order valence-corrected chi connectivity index (χ2v) is 5.74. The number of halogens is 3. The van der Waals surface area contributed by atoms with Gasteiger partial charge >= 0.3 is 12.2 Å². The molecule has 1 saturated heterocycles. The molecule has 1 aromatic carbocycles. The van der Waals surface area contributed by atoms with Crippen molar-refractivity contribution in [2.24, 2.45) is 0 Å². The molecular weight excluding hydrogens is 325 g/mol. The van der Waals surface area contributed by atoms with E-state index >= 15 is 0 Å². The minimum absolute atomic E-state index is 0.0328. The molecule has 0 radical (unpaired) electrons. The number of nitrogens with one attached hydrogen (secondary N) is 2. The van der Waals surface area contributed by atoms with Crippen LogP contribution in [-0.4, -0.2) is 37.6 Å². The SMILES string of the molecule is C[C@H]1C[C@@H](NC(=O)NCc2ccccc2OCC(F)(F)F)CCO1. The Morgan fingerprint density at radius 2 is 2.12 bits per heavy atom. The number of benzene rings is 1. The van der Waals surface area contributed by atoms with Crippen molar-refractivity contribution in [2.45, 2.75) is 44.6 Å². The molecule has 0 bridgehead atoms. The van der Waals surface area contributed by atoms with Gasteiger partial charge in [-0.1, -0.05) is 18.2 Å². The molecule has 0 aromatic heterocycles. The fourth-order valence-electron chi connectivity index (χ4n) is 2.49. The summed E-state index contributed by atoms with van der Waals surface area (Å²) in [6.07, 6.45) is -2.83. The summed E-state index contributed by atoms with van der Waals surface area (Å²) in [5.41, 5.74) is 0.484. The molecule has 2 amide bonds. The highest BCUT2D eigenvalue weighted by molar-refractivity contribution is 5.74. The molecule has 1 aromatic rings. The normalized spacial score (nSPS) is 21.2. The maximum absolute atomic E-state index is 12.3. The van der Waals surface area contributed by atoms with Gasteiger partial charge in [0.15, 0.2) is 6.61 Å². The lowest BCUT2D eigenvalue weighted by molar-refractivity contribution is -0.153. The number of urea groups is 1. The number of amides is 2. The second kappa shape index (κ2) is 8.23. The first-order valence-electron chi connectivity index (χ1n) is 7.77. The summed E-state index contributed by atoms with van der Waals surface area (Å²) in [5, 5.41) is 5.49. The van der Waals surface area contributed by atoms with Crippen molar-refractivity contribution in [3.05, 3.63) is 29.8 Å². The summed E-state index contributed by atoms with van der Waals surface area (Å²) in [6.45, 7) is 1.26. The van der Waals surface area contributed by atoms with Crippen LogP contribution in [0.4, 0.5) is 18.0 Å². The summed E-state index contributed by atoms with van der Waals surface area (Å²) in [6, 6.07) is 5.99. The number of rotatable bonds is 5. The van der Waals surface area contributed by atoms with E-state index in [1.807, 2.05) is 6.92 Å². The smallest absolute Gasteiger partial charge is 0.422 e. The first kappa shape index (κ1) is 18.4. The van der Waals surface area contributed by atoms with Gasteiger partial charge in [0.2, 0.25) is 0 Å². The molecule has 5 nitrogen and oxygen atoms in total. The molecule has 8 heteroatoms. The fraction of sp³-hybridized carbons (Fsp3) is 0.562. The van der Waals surface area contributed by atoms with Crippen molar-refractivity contribution in [3.63, 3.8) is 0 Å². The molecule has 0 aliphatic carbocycles. The largest absolute Gasteiger partial charge is 0.484 e. The van der Waals surface area contributed by atoms with E-state index in [2.05, 4.69) is 10.6 Å². The van der Waals surface area contributed by atoms with E-state index in [0.29, 0.717) is 12.2 Å². The zero-order chi connectivity index (χ0) is 17.6. The van der Waals surface area contributed by atoms with Gasteiger partial charge in [-0.15, -0.1) is 0 Å². The average Bonchev–Trinajstić information content (AvgIpc) is 2.51. The van der Waals surface area contributed by atoms with E-state index in [9.17, 15) is 18.0 Å². The van der Waals surface area contributed by atoms with Crippen LogP contribution in [0.3, 0.4) is 0 Å². The van der Waals surface area contributed by atoms with Gasteiger partial charge in [-0.3, -0.25) is 0 Å². The van der Waals surface area contributed by atoms with E-state index in [-0.39, 0.29) is 30.5 Å². The van der Waals surface area contributed by atoms with Crippen LogP contribution in [0.2, 0.25) is 0 Å². The van der Waals surface area contributed by atoms with E-state index in [1.54, 1.807) is 18.2 Å². The van der Waals surface area contributed by atoms with Crippen LogP contribution >= 0.6 is 0 Å². The van der Waals surface area contributed by atoms with Gasteiger partial charge in [0.1, 0.15) is 5.75 Å². The van der Waals surface area contributed by atoms with Crippen LogP contribution in [0.15, 0.2) is 24.3 Å². The molecule has 2 rings (SSSR count). The predicted octanol–water partition coefficient (Wildman–Crippen LogP) is 2.99. The van der Waals surface area contributed by atoms with Crippen molar-refractivity contribution in [3.8, 4) is 5.75 Å². The zero-order valence-electron chi connectivity index (χ0n) is 13.4. The molecule has 1 aliphatic heterocycles. The first-order chi connectivity index (χ1) is 11.3. The third kappa shape index (κ3) is 6.27. The molecule has 2 N–H and O–H groups in total. The molecule has 0 spiro atoms. The standard InChI is InChI=1S/C16H21F3N2O3/c1-11-8-13(6-7-23-11)21-15(22)20-9-12-4-2-3-5-14(12)24-10-16(17,18)19/h2-5,11,13H,6-10H2,1H3,(H2,20,21,22)/t11-,13-/m0/s1.